The number of piperidine rings is 1. The Bertz CT molecular complexity index is 1380. The van der Waals surface area contributed by atoms with Gasteiger partial charge in [-0.05, 0) is 75.1 Å². The van der Waals surface area contributed by atoms with Crippen LogP contribution in [0.5, 0.6) is 5.75 Å². The van der Waals surface area contributed by atoms with Gasteiger partial charge in [0.05, 0.1) is 15.2 Å². The van der Waals surface area contributed by atoms with Gasteiger partial charge >= 0.3 is 18.6 Å². The van der Waals surface area contributed by atoms with Crippen LogP contribution in [-0.2, 0) is 16.0 Å². The Hall–Kier alpha value is -3.29. The number of anilines is 1. The number of ether oxygens (including phenoxy) is 1. The number of rotatable bonds is 6. The van der Waals surface area contributed by atoms with Crippen molar-refractivity contribution in [2.75, 3.05) is 18.0 Å². The highest BCUT2D eigenvalue weighted by Gasteiger charge is 2.45. The van der Waals surface area contributed by atoms with E-state index in [1.165, 1.54) is 32.0 Å². The molecule has 7 nitrogen and oxygen atoms in total. The van der Waals surface area contributed by atoms with Crippen LogP contribution in [0.3, 0.4) is 0 Å². The summed E-state index contributed by atoms with van der Waals surface area (Å²) >= 11 is 0. The van der Waals surface area contributed by atoms with Crippen LogP contribution in [0.4, 0.5) is 32.4 Å². The van der Waals surface area contributed by atoms with Gasteiger partial charge in [0.1, 0.15) is 5.75 Å². The number of nitrogens with zero attached hydrogens (tertiary/aromatic N) is 3. The van der Waals surface area contributed by atoms with E-state index in [0.717, 1.165) is 24.3 Å². The van der Waals surface area contributed by atoms with Crippen molar-refractivity contribution >= 4 is 15.9 Å². The SMILES string of the molecule is CC(C)(C1CCN(c2nnc(-c3ccc(OC(F)(F)F)cc3)o2)CC1)S(=O)(=O)c1cccc(C(F)(F)F)c1. The van der Waals surface area contributed by atoms with Crippen LogP contribution in [-0.4, -0.2) is 42.8 Å². The van der Waals surface area contributed by atoms with Gasteiger partial charge in [-0.3, -0.25) is 0 Å². The third-order valence-corrected chi connectivity index (χ3v) is 9.26. The predicted molar refractivity (Wildman–Crippen MR) is 124 cm³/mol. The van der Waals surface area contributed by atoms with E-state index in [-0.39, 0.29) is 22.7 Å². The largest absolute Gasteiger partial charge is 0.573 e. The Kier molecular flexibility index (Phi) is 7.14. The molecule has 38 heavy (non-hydrogen) atoms. The van der Waals surface area contributed by atoms with E-state index in [1.54, 1.807) is 4.90 Å². The number of aromatic nitrogens is 2. The Morgan fingerprint density at radius 1 is 0.947 bits per heavy atom. The molecule has 0 radical (unpaired) electrons. The molecule has 0 aliphatic carbocycles. The first-order valence-electron chi connectivity index (χ1n) is 11.4. The molecule has 3 aromatic rings. The van der Waals surface area contributed by atoms with E-state index in [2.05, 4.69) is 14.9 Å². The van der Waals surface area contributed by atoms with Crippen LogP contribution < -0.4 is 9.64 Å². The first-order valence-corrected chi connectivity index (χ1v) is 12.9. The Labute approximate surface area is 214 Å². The summed E-state index contributed by atoms with van der Waals surface area (Å²) < 4.78 is 111. The van der Waals surface area contributed by atoms with Gasteiger partial charge in [0, 0.05) is 18.7 Å². The van der Waals surface area contributed by atoms with E-state index in [1.807, 2.05) is 0 Å². The van der Waals surface area contributed by atoms with Crippen LogP contribution in [0, 0.1) is 5.92 Å². The normalized spacial score (nSPS) is 16.1. The highest BCUT2D eigenvalue weighted by atomic mass is 32.2. The summed E-state index contributed by atoms with van der Waals surface area (Å²) in [6, 6.07) is 8.81. The molecular weight excluding hydrogens is 540 g/mol. The molecule has 14 heteroatoms. The summed E-state index contributed by atoms with van der Waals surface area (Å²) in [6.45, 7) is 3.73. The molecule has 0 atom stereocenters. The molecule has 0 saturated carbocycles. The van der Waals surface area contributed by atoms with Crippen molar-refractivity contribution in [2.24, 2.45) is 5.92 Å². The van der Waals surface area contributed by atoms with Crippen molar-refractivity contribution in [3.63, 3.8) is 0 Å². The van der Waals surface area contributed by atoms with Crippen LogP contribution in [0.2, 0.25) is 0 Å². The fourth-order valence-corrected chi connectivity index (χ4v) is 6.21. The zero-order valence-corrected chi connectivity index (χ0v) is 21.0. The average molecular weight is 564 g/mol. The molecule has 2 heterocycles. The Morgan fingerprint density at radius 2 is 1.58 bits per heavy atom. The number of sulfone groups is 1. The summed E-state index contributed by atoms with van der Waals surface area (Å²) in [5.74, 6) is -0.680. The molecule has 0 bridgehead atoms. The van der Waals surface area contributed by atoms with Gasteiger partial charge in [-0.2, -0.15) is 13.2 Å². The number of hydrogen-bond donors (Lipinski definition) is 0. The topological polar surface area (TPSA) is 85.5 Å². The molecule has 0 unspecified atom stereocenters. The minimum atomic E-state index is -4.81. The lowest BCUT2D eigenvalue weighted by Crippen LogP contribution is -2.46. The van der Waals surface area contributed by atoms with Crippen molar-refractivity contribution in [2.45, 2.75) is 48.9 Å². The minimum absolute atomic E-state index is 0.0770. The fourth-order valence-electron chi connectivity index (χ4n) is 4.39. The lowest BCUT2D eigenvalue weighted by atomic mass is 9.86. The summed E-state index contributed by atoms with van der Waals surface area (Å²) in [5.41, 5.74) is -0.652. The molecule has 1 saturated heterocycles. The van der Waals surface area contributed by atoms with E-state index in [4.69, 9.17) is 4.42 Å². The molecule has 1 aromatic heterocycles. The summed E-state index contributed by atoms with van der Waals surface area (Å²) in [5, 5.41) is 7.92. The third kappa shape index (κ3) is 5.74. The quantitative estimate of drug-likeness (QED) is 0.334. The van der Waals surface area contributed by atoms with Crippen molar-refractivity contribution < 1.29 is 43.9 Å². The first-order chi connectivity index (χ1) is 17.6. The standard InChI is InChI=1S/C24H23F6N3O4S/c1-22(2,38(34,35)19-5-3-4-17(14-19)23(25,26)27)16-10-12-33(13-11-16)21-32-31-20(36-21)15-6-8-18(9-7-15)37-24(28,29)30/h3-9,14,16H,10-13H2,1-2H3. The van der Waals surface area contributed by atoms with Crippen molar-refractivity contribution in [3.05, 3.63) is 54.1 Å². The van der Waals surface area contributed by atoms with Gasteiger partial charge in [0.2, 0.25) is 5.89 Å². The molecule has 0 spiro atoms. The third-order valence-electron chi connectivity index (χ3n) is 6.66. The Balaban J connectivity index is 1.43. The number of alkyl halides is 6. The minimum Gasteiger partial charge on any atom is -0.406 e. The number of halogens is 6. The summed E-state index contributed by atoms with van der Waals surface area (Å²) in [7, 11) is -4.10. The van der Waals surface area contributed by atoms with Gasteiger partial charge in [-0.25, -0.2) is 8.42 Å². The predicted octanol–water partition coefficient (Wildman–Crippen LogP) is 6.12. The monoisotopic (exact) mass is 563 g/mol. The molecule has 2 aromatic carbocycles. The maximum Gasteiger partial charge on any atom is 0.573 e. The first kappa shape index (κ1) is 27.7. The van der Waals surface area contributed by atoms with E-state index in [0.29, 0.717) is 37.6 Å². The second kappa shape index (κ2) is 9.79. The van der Waals surface area contributed by atoms with Crippen LogP contribution in [0.15, 0.2) is 57.8 Å². The zero-order valence-electron chi connectivity index (χ0n) is 20.2. The molecule has 0 amide bonds. The van der Waals surface area contributed by atoms with E-state index in [9.17, 15) is 34.8 Å². The van der Waals surface area contributed by atoms with Crippen molar-refractivity contribution in [1.82, 2.24) is 10.2 Å². The molecule has 0 N–H and O–H groups in total. The highest BCUT2D eigenvalue weighted by Crippen LogP contribution is 2.40. The maximum atomic E-state index is 13.4. The van der Waals surface area contributed by atoms with Gasteiger partial charge in [0.25, 0.3) is 0 Å². The molecule has 1 fully saturated rings. The van der Waals surface area contributed by atoms with Crippen LogP contribution in [0.25, 0.3) is 11.5 Å². The summed E-state index contributed by atoms with van der Waals surface area (Å²) in [6.07, 6.45) is -8.69. The lowest BCUT2D eigenvalue weighted by molar-refractivity contribution is -0.274. The zero-order chi connectivity index (χ0) is 27.9. The number of benzene rings is 2. The van der Waals surface area contributed by atoms with Crippen LogP contribution in [0.1, 0.15) is 32.3 Å². The van der Waals surface area contributed by atoms with Gasteiger partial charge < -0.3 is 14.1 Å². The smallest absolute Gasteiger partial charge is 0.406 e. The van der Waals surface area contributed by atoms with Crippen LogP contribution >= 0.6 is 0 Å². The Morgan fingerprint density at radius 3 is 2.16 bits per heavy atom. The lowest BCUT2D eigenvalue weighted by Gasteiger charge is -2.39. The maximum absolute atomic E-state index is 13.4. The average Bonchev–Trinajstić information content (AvgIpc) is 3.33. The van der Waals surface area contributed by atoms with Crippen molar-refractivity contribution in [1.29, 1.82) is 0 Å². The molecular formula is C24H23F6N3O4S. The molecule has 4 rings (SSSR count). The molecule has 1 aliphatic heterocycles. The molecule has 206 valence electrons. The van der Waals surface area contributed by atoms with Crippen molar-refractivity contribution in [3.8, 4) is 17.2 Å². The fraction of sp³-hybridized carbons (Fsp3) is 0.417. The van der Waals surface area contributed by atoms with E-state index < -0.39 is 38.4 Å². The molecule has 1 aliphatic rings. The van der Waals surface area contributed by atoms with Gasteiger partial charge in [0.15, 0.2) is 9.84 Å². The summed E-state index contributed by atoms with van der Waals surface area (Å²) in [4.78, 5) is 1.37. The second-order valence-electron chi connectivity index (χ2n) is 9.36. The number of hydrogen-bond acceptors (Lipinski definition) is 7. The van der Waals surface area contributed by atoms with Gasteiger partial charge in [-0.15, -0.1) is 18.3 Å². The van der Waals surface area contributed by atoms with Gasteiger partial charge in [-0.1, -0.05) is 11.2 Å². The highest BCUT2D eigenvalue weighted by molar-refractivity contribution is 7.92. The second-order valence-corrected chi connectivity index (χ2v) is 11.9. The van der Waals surface area contributed by atoms with E-state index >= 15 is 0 Å².